The lowest BCUT2D eigenvalue weighted by Gasteiger charge is -2.19. The van der Waals surface area contributed by atoms with Crippen LogP contribution < -0.4 is 14.8 Å². The molecule has 0 aromatic heterocycles. The van der Waals surface area contributed by atoms with Gasteiger partial charge in [-0.05, 0) is 37.0 Å². The summed E-state index contributed by atoms with van der Waals surface area (Å²) in [6.45, 7) is 5.22. The van der Waals surface area contributed by atoms with Crippen LogP contribution in [0.3, 0.4) is 0 Å². The van der Waals surface area contributed by atoms with Crippen molar-refractivity contribution >= 4 is 11.8 Å². The highest BCUT2D eigenvalue weighted by atomic mass is 16.5. The Balaban J connectivity index is 1.91. The number of amides is 2. The molecule has 0 radical (unpaired) electrons. The average molecular weight is 362 g/mol. The van der Waals surface area contributed by atoms with Crippen LogP contribution >= 0.6 is 0 Å². The standard InChI is InChI=1S/C20H30N2O4/c1-5-16(6-2)21-20(24)15-12-19(23)22(13-15)10-9-14-7-8-17(25-3)18(11-14)26-4/h7-8,11,15-16H,5-6,9-10,12-13H2,1-4H3,(H,21,24). The number of methoxy groups -OCH3 is 2. The maximum atomic E-state index is 12.4. The van der Waals surface area contributed by atoms with Crippen LogP contribution in [0.5, 0.6) is 11.5 Å². The maximum absolute atomic E-state index is 12.4. The molecule has 2 rings (SSSR count). The third-order valence-electron chi connectivity index (χ3n) is 5.04. The monoisotopic (exact) mass is 362 g/mol. The van der Waals surface area contributed by atoms with Crippen molar-refractivity contribution in [2.24, 2.45) is 5.92 Å². The number of nitrogens with one attached hydrogen (secondary N) is 1. The van der Waals surface area contributed by atoms with Gasteiger partial charge in [0.25, 0.3) is 0 Å². The first-order valence-corrected chi connectivity index (χ1v) is 9.31. The Kier molecular flexibility index (Phi) is 7.30. The van der Waals surface area contributed by atoms with Crippen molar-refractivity contribution in [3.8, 4) is 11.5 Å². The molecule has 1 N–H and O–H groups in total. The molecule has 6 heteroatoms. The number of hydrogen-bond donors (Lipinski definition) is 1. The van der Waals surface area contributed by atoms with E-state index in [1.165, 1.54) is 0 Å². The van der Waals surface area contributed by atoms with Crippen molar-refractivity contribution in [2.45, 2.75) is 45.6 Å². The van der Waals surface area contributed by atoms with Gasteiger partial charge in [-0.1, -0.05) is 19.9 Å². The van der Waals surface area contributed by atoms with Crippen molar-refractivity contribution in [2.75, 3.05) is 27.3 Å². The zero-order valence-corrected chi connectivity index (χ0v) is 16.2. The van der Waals surface area contributed by atoms with E-state index >= 15 is 0 Å². The molecule has 1 heterocycles. The molecule has 26 heavy (non-hydrogen) atoms. The lowest BCUT2D eigenvalue weighted by Crippen LogP contribution is -2.39. The Labute approximate surface area is 155 Å². The fourth-order valence-electron chi connectivity index (χ4n) is 3.28. The molecule has 0 bridgehead atoms. The lowest BCUT2D eigenvalue weighted by molar-refractivity contribution is -0.129. The van der Waals surface area contributed by atoms with Gasteiger partial charge in [-0.2, -0.15) is 0 Å². The normalized spacial score (nSPS) is 16.9. The van der Waals surface area contributed by atoms with Gasteiger partial charge in [0.2, 0.25) is 11.8 Å². The van der Waals surface area contributed by atoms with E-state index in [1.54, 1.807) is 19.1 Å². The first-order valence-electron chi connectivity index (χ1n) is 9.31. The Bertz CT molecular complexity index is 628. The smallest absolute Gasteiger partial charge is 0.225 e. The van der Waals surface area contributed by atoms with E-state index in [0.717, 1.165) is 18.4 Å². The van der Waals surface area contributed by atoms with Crippen LogP contribution in [-0.2, 0) is 16.0 Å². The number of nitrogens with zero attached hydrogens (tertiary/aromatic N) is 1. The first-order chi connectivity index (χ1) is 12.5. The zero-order chi connectivity index (χ0) is 19.1. The Hall–Kier alpha value is -2.24. The van der Waals surface area contributed by atoms with E-state index in [4.69, 9.17) is 9.47 Å². The quantitative estimate of drug-likeness (QED) is 0.732. The number of carbonyl (C=O) groups is 2. The molecule has 0 spiro atoms. The van der Waals surface area contributed by atoms with E-state index in [0.29, 0.717) is 37.4 Å². The molecule has 2 amide bonds. The third-order valence-corrected chi connectivity index (χ3v) is 5.04. The van der Waals surface area contributed by atoms with Crippen molar-refractivity contribution in [1.82, 2.24) is 10.2 Å². The highest BCUT2D eigenvalue weighted by Gasteiger charge is 2.34. The molecule has 1 aliphatic heterocycles. The fourth-order valence-corrected chi connectivity index (χ4v) is 3.28. The van der Waals surface area contributed by atoms with Gasteiger partial charge in [0, 0.05) is 25.6 Å². The lowest BCUT2D eigenvalue weighted by atomic mass is 10.1. The summed E-state index contributed by atoms with van der Waals surface area (Å²) in [6.07, 6.45) is 2.84. The Morgan fingerprint density at radius 2 is 1.92 bits per heavy atom. The second-order valence-corrected chi connectivity index (χ2v) is 6.70. The number of hydrogen-bond acceptors (Lipinski definition) is 4. The zero-order valence-electron chi connectivity index (χ0n) is 16.2. The summed E-state index contributed by atoms with van der Waals surface area (Å²) in [5.41, 5.74) is 1.07. The van der Waals surface area contributed by atoms with Crippen LogP contribution in [0.25, 0.3) is 0 Å². The van der Waals surface area contributed by atoms with Crippen LogP contribution in [0.15, 0.2) is 18.2 Å². The van der Waals surface area contributed by atoms with Gasteiger partial charge >= 0.3 is 0 Å². The van der Waals surface area contributed by atoms with Gasteiger partial charge in [0.15, 0.2) is 11.5 Å². The van der Waals surface area contributed by atoms with Gasteiger partial charge in [0.05, 0.1) is 20.1 Å². The average Bonchev–Trinajstić information content (AvgIpc) is 3.04. The summed E-state index contributed by atoms with van der Waals surface area (Å²) in [5.74, 6) is 1.18. The van der Waals surface area contributed by atoms with E-state index in [2.05, 4.69) is 19.2 Å². The van der Waals surface area contributed by atoms with Crippen molar-refractivity contribution < 1.29 is 19.1 Å². The van der Waals surface area contributed by atoms with Crippen molar-refractivity contribution in [3.63, 3.8) is 0 Å². The number of rotatable bonds is 9. The molecule has 0 saturated carbocycles. The summed E-state index contributed by atoms with van der Waals surface area (Å²) in [5, 5.41) is 3.05. The summed E-state index contributed by atoms with van der Waals surface area (Å²) in [4.78, 5) is 26.4. The predicted octanol–water partition coefficient (Wildman–Crippen LogP) is 2.40. The van der Waals surface area contributed by atoms with Crippen molar-refractivity contribution in [3.05, 3.63) is 23.8 Å². The van der Waals surface area contributed by atoms with E-state index < -0.39 is 0 Å². The Morgan fingerprint density at radius 3 is 2.54 bits per heavy atom. The SMILES string of the molecule is CCC(CC)NC(=O)C1CC(=O)N(CCc2ccc(OC)c(OC)c2)C1. The summed E-state index contributed by atoms with van der Waals surface area (Å²) < 4.78 is 10.6. The van der Waals surface area contributed by atoms with E-state index in [9.17, 15) is 9.59 Å². The topological polar surface area (TPSA) is 67.9 Å². The minimum Gasteiger partial charge on any atom is -0.493 e. The van der Waals surface area contributed by atoms with Crippen LogP contribution in [0.1, 0.15) is 38.7 Å². The highest BCUT2D eigenvalue weighted by Crippen LogP contribution is 2.28. The minimum atomic E-state index is -0.242. The number of likely N-dealkylation sites (tertiary alicyclic amines) is 1. The molecule has 1 saturated heterocycles. The van der Waals surface area contributed by atoms with Crippen LogP contribution in [0.4, 0.5) is 0 Å². The highest BCUT2D eigenvalue weighted by molar-refractivity contribution is 5.89. The number of carbonyl (C=O) groups excluding carboxylic acids is 2. The van der Waals surface area contributed by atoms with E-state index in [-0.39, 0.29) is 23.8 Å². The number of benzene rings is 1. The van der Waals surface area contributed by atoms with Crippen LogP contribution in [0.2, 0.25) is 0 Å². The van der Waals surface area contributed by atoms with Gasteiger partial charge in [-0.15, -0.1) is 0 Å². The largest absolute Gasteiger partial charge is 0.493 e. The Morgan fingerprint density at radius 1 is 1.23 bits per heavy atom. The summed E-state index contributed by atoms with van der Waals surface area (Å²) >= 11 is 0. The molecule has 6 nitrogen and oxygen atoms in total. The second kappa shape index (κ2) is 9.46. The predicted molar refractivity (Wildman–Crippen MR) is 100 cm³/mol. The van der Waals surface area contributed by atoms with E-state index in [1.807, 2.05) is 18.2 Å². The van der Waals surface area contributed by atoms with Gasteiger partial charge in [-0.3, -0.25) is 9.59 Å². The molecule has 1 aliphatic rings. The fraction of sp³-hybridized carbons (Fsp3) is 0.600. The molecule has 1 fully saturated rings. The van der Waals surface area contributed by atoms with Crippen molar-refractivity contribution in [1.29, 1.82) is 0 Å². The first kappa shape index (κ1) is 20.1. The molecule has 1 aromatic rings. The molecular weight excluding hydrogens is 332 g/mol. The third kappa shape index (κ3) is 4.90. The summed E-state index contributed by atoms with van der Waals surface area (Å²) in [7, 11) is 3.21. The summed E-state index contributed by atoms with van der Waals surface area (Å²) in [6, 6.07) is 5.96. The minimum absolute atomic E-state index is 0.000617. The molecular formula is C20H30N2O4. The van der Waals surface area contributed by atoms with Gasteiger partial charge < -0.3 is 19.7 Å². The molecule has 1 unspecified atom stereocenters. The molecule has 144 valence electrons. The van der Waals surface area contributed by atoms with Gasteiger partial charge in [0.1, 0.15) is 0 Å². The number of ether oxygens (including phenoxy) is 2. The van der Waals surface area contributed by atoms with Crippen LogP contribution in [-0.4, -0.2) is 50.1 Å². The molecule has 1 aromatic carbocycles. The molecule has 1 atom stereocenters. The molecule has 0 aliphatic carbocycles. The van der Waals surface area contributed by atoms with Crippen LogP contribution in [0, 0.1) is 5.92 Å². The maximum Gasteiger partial charge on any atom is 0.225 e. The second-order valence-electron chi connectivity index (χ2n) is 6.70. The van der Waals surface area contributed by atoms with Gasteiger partial charge in [-0.25, -0.2) is 0 Å².